The number of anilines is 2. The molecular weight excluding hydrogens is 228 g/mol. The third-order valence-corrected chi connectivity index (χ3v) is 2.44. The van der Waals surface area contributed by atoms with Gasteiger partial charge in [0.2, 0.25) is 17.7 Å². The molecule has 2 aromatic rings. The van der Waals surface area contributed by atoms with Crippen molar-refractivity contribution < 1.29 is 9.47 Å². The van der Waals surface area contributed by atoms with Gasteiger partial charge in [0, 0.05) is 11.6 Å². The lowest BCUT2D eigenvalue weighted by molar-refractivity contribution is 0.373. The van der Waals surface area contributed by atoms with Crippen LogP contribution in [-0.2, 0) is 0 Å². The molecule has 2 rings (SSSR count). The second kappa shape index (κ2) is 4.75. The number of nitrogens with zero attached hydrogens (tertiary/aromatic N) is 3. The van der Waals surface area contributed by atoms with Gasteiger partial charge >= 0.3 is 0 Å². The van der Waals surface area contributed by atoms with Crippen molar-refractivity contribution in [3.8, 4) is 11.8 Å². The average molecular weight is 238 g/mol. The second-order valence-corrected chi connectivity index (χ2v) is 3.63. The van der Waals surface area contributed by atoms with Crippen molar-refractivity contribution in [2.24, 2.45) is 0 Å². The Balaban J connectivity index is 2.26. The minimum absolute atomic E-state index is 0.395. The molecule has 0 aliphatic carbocycles. The van der Waals surface area contributed by atoms with Crippen LogP contribution in [0.25, 0.3) is 0 Å². The van der Waals surface area contributed by atoms with E-state index in [0.717, 1.165) is 5.13 Å². The number of nitrogens with one attached hydrogen (secondary N) is 1. The molecule has 2 heterocycles. The summed E-state index contributed by atoms with van der Waals surface area (Å²) < 4.78 is 10.1. The van der Waals surface area contributed by atoms with Crippen LogP contribution in [0.5, 0.6) is 11.8 Å². The zero-order valence-corrected chi connectivity index (χ0v) is 9.61. The van der Waals surface area contributed by atoms with Crippen LogP contribution in [0.15, 0.2) is 17.6 Å². The molecule has 0 atom stereocenters. The number of aromatic nitrogens is 3. The molecule has 0 amide bonds. The summed E-state index contributed by atoms with van der Waals surface area (Å²) in [5, 5.41) is 5.54. The molecule has 0 bridgehead atoms. The van der Waals surface area contributed by atoms with Crippen LogP contribution in [0.2, 0.25) is 0 Å². The first kappa shape index (κ1) is 10.6. The third kappa shape index (κ3) is 2.37. The summed E-state index contributed by atoms with van der Waals surface area (Å²) in [5.41, 5.74) is 0. The summed E-state index contributed by atoms with van der Waals surface area (Å²) in [7, 11) is 3.07. The van der Waals surface area contributed by atoms with Gasteiger partial charge < -0.3 is 9.47 Å². The molecule has 0 saturated heterocycles. The normalized spacial score (nSPS) is 9.88. The first-order chi connectivity index (χ1) is 7.81. The molecule has 0 aliphatic rings. The van der Waals surface area contributed by atoms with E-state index in [0.29, 0.717) is 17.7 Å². The van der Waals surface area contributed by atoms with Gasteiger partial charge in [-0.25, -0.2) is 4.98 Å². The van der Waals surface area contributed by atoms with Gasteiger partial charge in [-0.05, 0) is 0 Å². The molecule has 0 aromatic carbocycles. The maximum Gasteiger partial charge on any atom is 0.235 e. The summed E-state index contributed by atoms with van der Waals surface area (Å²) in [6, 6.07) is 1.60. The Kier molecular flexibility index (Phi) is 3.16. The molecule has 16 heavy (non-hydrogen) atoms. The summed E-state index contributed by atoms with van der Waals surface area (Å²) in [6.07, 6.45) is 1.70. The maximum atomic E-state index is 5.03. The number of hydrogen-bond acceptors (Lipinski definition) is 7. The second-order valence-electron chi connectivity index (χ2n) is 2.74. The molecular formula is C9H10N4O2S. The van der Waals surface area contributed by atoms with Crippen molar-refractivity contribution in [1.82, 2.24) is 15.0 Å². The van der Waals surface area contributed by atoms with Gasteiger partial charge in [0.1, 0.15) is 0 Å². The van der Waals surface area contributed by atoms with Crippen LogP contribution in [0.4, 0.5) is 11.1 Å². The highest BCUT2D eigenvalue weighted by Crippen LogP contribution is 2.21. The minimum atomic E-state index is 0.395. The van der Waals surface area contributed by atoms with Gasteiger partial charge in [-0.1, -0.05) is 0 Å². The lowest BCUT2D eigenvalue weighted by atomic mass is 10.6. The van der Waals surface area contributed by atoms with Crippen LogP contribution in [-0.4, -0.2) is 29.2 Å². The van der Waals surface area contributed by atoms with Crippen molar-refractivity contribution in [1.29, 1.82) is 0 Å². The van der Waals surface area contributed by atoms with Crippen molar-refractivity contribution >= 4 is 22.4 Å². The van der Waals surface area contributed by atoms with Crippen LogP contribution < -0.4 is 14.8 Å². The fraction of sp³-hybridized carbons (Fsp3) is 0.222. The summed E-state index contributed by atoms with van der Waals surface area (Å²) in [4.78, 5) is 12.3. The fourth-order valence-corrected chi connectivity index (χ4v) is 1.57. The van der Waals surface area contributed by atoms with E-state index in [1.165, 1.54) is 25.6 Å². The van der Waals surface area contributed by atoms with E-state index in [4.69, 9.17) is 9.47 Å². The quantitative estimate of drug-likeness (QED) is 0.874. The fourth-order valence-electron chi connectivity index (χ4n) is 1.05. The largest absolute Gasteiger partial charge is 0.481 e. The van der Waals surface area contributed by atoms with Gasteiger partial charge in [0.05, 0.1) is 20.3 Å². The lowest BCUT2D eigenvalue weighted by Crippen LogP contribution is -2.00. The molecule has 1 N–H and O–H groups in total. The van der Waals surface area contributed by atoms with Gasteiger partial charge in [-0.2, -0.15) is 9.97 Å². The standard InChI is InChI=1S/C9H10N4O2S/c1-14-6-5-7(15-2)12-8(11-6)13-9-10-3-4-16-9/h3-5H,1-2H3,(H,10,11,12,13). The number of methoxy groups -OCH3 is 2. The van der Waals surface area contributed by atoms with Gasteiger partial charge in [-0.15, -0.1) is 11.3 Å². The maximum absolute atomic E-state index is 5.03. The molecule has 0 aliphatic heterocycles. The Morgan fingerprint density at radius 2 is 1.88 bits per heavy atom. The molecule has 6 nitrogen and oxygen atoms in total. The molecule has 0 radical (unpaired) electrons. The molecule has 2 aromatic heterocycles. The summed E-state index contributed by atoms with van der Waals surface area (Å²) in [5.74, 6) is 1.27. The zero-order valence-electron chi connectivity index (χ0n) is 8.80. The summed E-state index contributed by atoms with van der Waals surface area (Å²) >= 11 is 1.46. The predicted molar refractivity (Wildman–Crippen MR) is 60.5 cm³/mol. The van der Waals surface area contributed by atoms with Gasteiger partial charge in [-0.3, -0.25) is 5.32 Å². The topological polar surface area (TPSA) is 69.2 Å². The predicted octanol–water partition coefficient (Wildman–Crippen LogP) is 1.69. The van der Waals surface area contributed by atoms with E-state index in [1.807, 2.05) is 5.38 Å². The van der Waals surface area contributed by atoms with Crippen molar-refractivity contribution in [3.05, 3.63) is 17.6 Å². The first-order valence-corrected chi connectivity index (χ1v) is 5.33. The number of rotatable bonds is 4. The van der Waals surface area contributed by atoms with E-state index in [9.17, 15) is 0 Å². The monoisotopic (exact) mass is 238 g/mol. The van der Waals surface area contributed by atoms with E-state index < -0.39 is 0 Å². The van der Waals surface area contributed by atoms with Crippen LogP contribution in [0.1, 0.15) is 0 Å². The van der Waals surface area contributed by atoms with Gasteiger partial charge in [0.15, 0.2) is 5.13 Å². The van der Waals surface area contributed by atoms with Crippen LogP contribution in [0.3, 0.4) is 0 Å². The van der Waals surface area contributed by atoms with E-state index in [-0.39, 0.29) is 0 Å². The molecule has 0 spiro atoms. The Morgan fingerprint density at radius 3 is 2.38 bits per heavy atom. The number of thiazole rings is 1. The molecule has 0 saturated carbocycles. The highest BCUT2D eigenvalue weighted by atomic mass is 32.1. The van der Waals surface area contributed by atoms with Crippen LogP contribution in [0, 0.1) is 0 Å². The van der Waals surface area contributed by atoms with E-state index >= 15 is 0 Å². The highest BCUT2D eigenvalue weighted by molar-refractivity contribution is 7.13. The number of hydrogen-bond donors (Lipinski definition) is 1. The van der Waals surface area contributed by atoms with Crippen LogP contribution >= 0.6 is 11.3 Å². The molecule has 7 heteroatoms. The smallest absolute Gasteiger partial charge is 0.235 e. The zero-order chi connectivity index (χ0) is 11.4. The lowest BCUT2D eigenvalue weighted by Gasteiger charge is -2.06. The van der Waals surface area contributed by atoms with Crippen molar-refractivity contribution in [3.63, 3.8) is 0 Å². The Bertz CT molecular complexity index is 438. The summed E-state index contributed by atoms with van der Waals surface area (Å²) in [6.45, 7) is 0. The Labute approximate surface area is 96.3 Å². The minimum Gasteiger partial charge on any atom is -0.481 e. The van der Waals surface area contributed by atoms with E-state index in [2.05, 4.69) is 20.3 Å². The van der Waals surface area contributed by atoms with Gasteiger partial charge in [0.25, 0.3) is 0 Å². The SMILES string of the molecule is COc1cc(OC)nc(Nc2nccs2)n1. The highest BCUT2D eigenvalue weighted by Gasteiger charge is 2.06. The Morgan fingerprint density at radius 1 is 1.19 bits per heavy atom. The first-order valence-electron chi connectivity index (χ1n) is 4.45. The van der Waals surface area contributed by atoms with Crippen molar-refractivity contribution in [2.75, 3.05) is 19.5 Å². The Hall–Kier alpha value is -1.89. The molecule has 84 valence electrons. The molecule has 0 fully saturated rings. The molecule has 0 unspecified atom stereocenters. The van der Waals surface area contributed by atoms with Crippen molar-refractivity contribution in [2.45, 2.75) is 0 Å². The third-order valence-electron chi connectivity index (χ3n) is 1.75. The average Bonchev–Trinajstić information content (AvgIpc) is 2.81. The number of ether oxygens (including phenoxy) is 2. The van der Waals surface area contributed by atoms with E-state index in [1.54, 1.807) is 12.3 Å².